The number of hydrogen-bond donors (Lipinski definition) is 5. The van der Waals surface area contributed by atoms with Crippen molar-refractivity contribution in [2.24, 2.45) is 0 Å². The molecule has 2 amide bonds. The van der Waals surface area contributed by atoms with Gasteiger partial charge in [-0.05, 0) is 62.8 Å². The quantitative estimate of drug-likeness (QED) is 0.194. The summed E-state index contributed by atoms with van der Waals surface area (Å²) in [4.78, 5) is 35.0. The minimum Gasteiger partial charge on any atom is -0.483 e. The molecule has 13 heteroatoms. The van der Waals surface area contributed by atoms with Crippen LogP contribution in [0.4, 0.5) is 5.69 Å². The maximum atomic E-state index is 13.8. The number of benzene rings is 2. The van der Waals surface area contributed by atoms with Gasteiger partial charge in [-0.3, -0.25) is 18.7 Å². The molecule has 5 rings (SSSR count). The molecule has 1 aliphatic heterocycles. The van der Waals surface area contributed by atoms with Crippen molar-refractivity contribution >= 4 is 44.9 Å². The average Bonchev–Trinajstić information content (AvgIpc) is 3.39. The van der Waals surface area contributed by atoms with Crippen molar-refractivity contribution in [3.63, 3.8) is 0 Å². The lowest BCUT2D eigenvalue weighted by Crippen LogP contribution is -2.53. The fraction of sp³-hybridized carbons (Fsp3) is 0.500. The van der Waals surface area contributed by atoms with E-state index in [0.717, 1.165) is 47.7 Å². The van der Waals surface area contributed by atoms with E-state index in [1.807, 2.05) is 48.0 Å². The topological polar surface area (TPSA) is 170 Å². The Morgan fingerprint density at radius 1 is 1.11 bits per heavy atom. The van der Waals surface area contributed by atoms with Gasteiger partial charge < -0.3 is 30.7 Å². The third kappa shape index (κ3) is 8.91. The van der Waals surface area contributed by atoms with E-state index in [4.69, 9.17) is 9.90 Å². The minimum absolute atomic E-state index is 0.00200. The van der Waals surface area contributed by atoms with Crippen molar-refractivity contribution in [2.75, 3.05) is 23.7 Å². The van der Waals surface area contributed by atoms with Crippen LogP contribution in [0, 0.1) is 0 Å². The maximum absolute atomic E-state index is 13.8. The summed E-state index contributed by atoms with van der Waals surface area (Å²) in [5.74, 6) is -0.507. The van der Waals surface area contributed by atoms with Gasteiger partial charge >= 0.3 is 0 Å². The lowest BCUT2D eigenvalue weighted by Gasteiger charge is -2.28. The van der Waals surface area contributed by atoms with Crippen LogP contribution in [0.3, 0.4) is 0 Å². The Balaban J connectivity index is 0.00000160. The molecular formula is C34H47N5O7S. The van der Waals surface area contributed by atoms with Gasteiger partial charge in [0, 0.05) is 43.3 Å². The first kappa shape index (κ1) is 35.9. The first-order chi connectivity index (χ1) is 22.5. The van der Waals surface area contributed by atoms with Crippen LogP contribution in [-0.4, -0.2) is 85.1 Å². The normalized spacial score (nSPS) is 17.8. The fourth-order valence-electron chi connectivity index (χ4n) is 6.35. The average molecular weight is 670 g/mol. The van der Waals surface area contributed by atoms with Gasteiger partial charge in [-0.25, -0.2) is 8.42 Å². The van der Waals surface area contributed by atoms with Crippen molar-refractivity contribution in [1.82, 2.24) is 20.5 Å². The largest absolute Gasteiger partial charge is 0.483 e. The molecule has 3 atom stereocenters. The Bertz CT molecular complexity index is 1640. The molecule has 0 radical (unpaired) electrons. The van der Waals surface area contributed by atoms with Gasteiger partial charge in [-0.2, -0.15) is 0 Å². The highest BCUT2D eigenvalue weighted by molar-refractivity contribution is 7.92. The van der Waals surface area contributed by atoms with Gasteiger partial charge in [-0.1, -0.05) is 49.6 Å². The molecule has 12 nitrogen and oxygen atoms in total. The second-order valence-corrected chi connectivity index (χ2v) is 14.4. The van der Waals surface area contributed by atoms with E-state index in [1.165, 1.54) is 17.8 Å². The zero-order chi connectivity index (χ0) is 34.1. The number of carboxylic acid groups (broad SMARTS) is 1. The SMILES string of the molecule is CCn1cc2c3c(cc(C(=O)N[C@@H](Cc4ccccc4)[C@H](O)CN[C@@H](C)C(=O)NC4CCCCC4)cc31)N(C)S(=O)(=O)CC2.O=CO. The van der Waals surface area contributed by atoms with Crippen molar-refractivity contribution < 1.29 is 33.0 Å². The molecule has 1 fully saturated rings. The molecule has 1 aliphatic carbocycles. The second kappa shape index (κ2) is 16.2. The molecule has 47 heavy (non-hydrogen) atoms. The third-order valence-electron chi connectivity index (χ3n) is 9.09. The molecule has 0 saturated heterocycles. The number of carbonyl (C=O) groups is 3. The Kier molecular flexibility index (Phi) is 12.4. The second-order valence-electron chi connectivity index (χ2n) is 12.3. The van der Waals surface area contributed by atoms with E-state index in [9.17, 15) is 23.1 Å². The van der Waals surface area contributed by atoms with Gasteiger partial charge in [0.15, 0.2) is 0 Å². The first-order valence-corrected chi connectivity index (χ1v) is 17.9. The predicted molar refractivity (Wildman–Crippen MR) is 182 cm³/mol. The number of carbonyl (C=O) groups excluding carboxylic acids is 2. The molecule has 2 aromatic carbocycles. The molecular weight excluding hydrogens is 622 g/mol. The van der Waals surface area contributed by atoms with Crippen molar-refractivity contribution in [1.29, 1.82) is 0 Å². The standard InChI is InChI=1S/C33H45N5O5S.CH2O2/c1-4-38-21-24-15-16-44(42,43)37(3)28-18-25(19-29(38)31(24)28)33(41)36-27(17-23-11-7-5-8-12-23)30(39)20-34-22(2)32(40)35-26-13-9-6-10-14-26;2-1-3/h5,7-8,11-12,18-19,21-22,26-27,30,34,39H,4,6,9-10,13-17,20H2,1-3H3,(H,35,40)(H,36,41);1H,(H,2,3)/t22-,27-,30+;/m0./s1. The van der Waals surface area contributed by atoms with Crippen LogP contribution in [0.15, 0.2) is 48.7 Å². The van der Waals surface area contributed by atoms with Crippen molar-refractivity contribution in [3.05, 3.63) is 65.4 Å². The number of nitrogens with zero attached hydrogens (tertiary/aromatic N) is 2. The maximum Gasteiger partial charge on any atom is 0.290 e. The summed E-state index contributed by atoms with van der Waals surface area (Å²) in [6.45, 7) is 4.31. The summed E-state index contributed by atoms with van der Waals surface area (Å²) >= 11 is 0. The van der Waals surface area contributed by atoms with Crippen LogP contribution in [0.25, 0.3) is 10.9 Å². The monoisotopic (exact) mass is 669 g/mol. The Morgan fingerprint density at radius 3 is 2.45 bits per heavy atom. The number of aliphatic hydroxyl groups excluding tert-OH is 1. The Morgan fingerprint density at radius 2 is 1.79 bits per heavy atom. The van der Waals surface area contributed by atoms with Crippen molar-refractivity contribution in [3.8, 4) is 0 Å². The van der Waals surface area contributed by atoms with Gasteiger partial charge in [-0.15, -0.1) is 0 Å². The summed E-state index contributed by atoms with van der Waals surface area (Å²) in [5.41, 5.74) is 3.48. The van der Waals surface area contributed by atoms with E-state index in [1.54, 1.807) is 19.1 Å². The van der Waals surface area contributed by atoms with Crippen molar-refractivity contribution in [2.45, 2.75) is 89.6 Å². The highest BCUT2D eigenvalue weighted by Crippen LogP contribution is 2.37. The van der Waals surface area contributed by atoms with Crippen LogP contribution < -0.4 is 20.3 Å². The fourth-order valence-corrected chi connectivity index (χ4v) is 7.55. The highest BCUT2D eigenvalue weighted by Gasteiger charge is 2.30. The van der Waals surface area contributed by atoms with E-state index in [2.05, 4.69) is 16.0 Å². The molecule has 1 saturated carbocycles. The van der Waals surface area contributed by atoms with Gasteiger partial charge in [0.25, 0.3) is 12.4 Å². The number of aliphatic hydroxyl groups is 1. The Hall–Kier alpha value is -3.94. The number of amides is 2. The zero-order valence-electron chi connectivity index (χ0n) is 27.3. The molecule has 0 spiro atoms. The number of nitrogens with one attached hydrogen (secondary N) is 3. The first-order valence-electron chi connectivity index (χ1n) is 16.3. The molecule has 5 N–H and O–H groups in total. The minimum atomic E-state index is -3.54. The van der Waals surface area contributed by atoms with Crippen LogP contribution in [-0.2, 0) is 39.0 Å². The number of rotatable bonds is 11. The third-order valence-corrected chi connectivity index (χ3v) is 10.8. The summed E-state index contributed by atoms with van der Waals surface area (Å²) in [6, 6.07) is 12.1. The summed E-state index contributed by atoms with van der Waals surface area (Å²) in [7, 11) is -2.01. The number of sulfonamides is 1. The molecule has 1 aromatic heterocycles. The molecule has 3 aromatic rings. The highest BCUT2D eigenvalue weighted by atomic mass is 32.2. The molecule has 2 aliphatic rings. The number of aryl methyl sites for hydroxylation is 2. The number of anilines is 1. The van der Waals surface area contributed by atoms with Crippen LogP contribution in [0.1, 0.15) is 67.4 Å². The van der Waals surface area contributed by atoms with E-state index in [-0.39, 0.29) is 30.7 Å². The van der Waals surface area contributed by atoms with Crippen LogP contribution in [0.5, 0.6) is 0 Å². The zero-order valence-corrected chi connectivity index (χ0v) is 28.1. The number of aromatic nitrogens is 1. The van der Waals surface area contributed by atoms with E-state index >= 15 is 0 Å². The lowest BCUT2D eigenvalue weighted by atomic mass is 9.95. The lowest BCUT2D eigenvalue weighted by molar-refractivity contribution is -0.124. The Labute approximate surface area is 276 Å². The van der Waals surface area contributed by atoms with E-state index < -0.39 is 34.1 Å². The van der Waals surface area contributed by atoms with Gasteiger partial charge in [0.2, 0.25) is 15.9 Å². The molecule has 256 valence electrons. The van der Waals surface area contributed by atoms with E-state index in [0.29, 0.717) is 30.6 Å². The smallest absolute Gasteiger partial charge is 0.290 e. The van der Waals surface area contributed by atoms with Gasteiger partial charge in [0.05, 0.1) is 35.1 Å². The summed E-state index contributed by atoms with van der Waals surface area (Å²) in [6.07, 6.45) is 7.20. The predicted octanol–water partition coefficient (Wildman–Crippen LogP) is 2.81. The van der Waals surface area contributed by atoms with Crippen LogP contribution >= 0.6 is 0 Å². The summed E-state index contributed by atoms with van der Waals surface area (Å²) < 4.78 is 29.2. The summed E-state index contributed by atoms with van der Waals surface area (Å²) in [5, 5.41) is 28.4. The molecule has 0 unspecified atom stereocenters. The number of hydrogen-bond acceptors (Lipinski definition) is 7. The van der Waals surface area contributed by atoms with Crippen LogP contribution in [0.2, 0.25) is 0 Å². The van der Waals surface area contributed by atoms with Gasteiger partial charge in [0.1, 0.15) is 0 Å². The molecule has 2 heterocycles. The molecule has 0 bridgehead atoms.